The second kappa shape index (κ2) is 8.60. The Kier molecular flexibility index (Phi) is 5.15. The second-order valence-electron chi connectivity index (χ2n) is 8.47. The Morgan fingerprint density at radius 1 is 0.735 bits per heavy atom. The summed E-state index contributed by atoms with van der Waals surface area (Å²) < 4.78 is 4.39. The highest BCUT2D eigenvalue weighted by atomic mass is 15.2. The molecule has 3 aromatic carbocycles. The monoisotopic (exact) mass is 443 g/mol. The van der Waals surface area contributed by atoms with Crippen LogP contribution in [0.25, 0.3) is 50.3 Å². The molecule has 0 saturated heterocycles. The summed E-state index contributed by atoms with van der Waals surface area (Å²) in [6.07, 6.45) is 5.77. The predicted octanol–water partition coefficient (Wildman–Crippen LogP) is 6.90. The fraction of sp³-hybridized carbons (Fsp3) is 0.138. The molecule has 0 amide bonds. The highest BCUT2D eigenvalue weighted by Gasteiger charge is 2.23. The fourth-order valence-electron chi connectivity index (χ4n) is 4.75. The van der Waals surface area contributed by atoms with Gasteiger partial charge in [-0.15, -0.1) is 0 Å². The summed E-state index contributed by atoms with van der Waals surface area (Å²) in [5.74, 6) is 0.803. The fourth-order valence-corrected chi connectivity index (χ4v) is 4.75. The van der Waals surface area contributed by atoms with E-state index < -0.39 is 0 Å². The smallest absolute Gasteiger partial charge is 0.169 e. The third kappa shape index (κ3) is 3.28. The molecule has 0 N–H and O–H groups in total. The number of unbranched alkanes of at least 4 members (excludes halogenated alkanes) is 1. The number of aromatic nitrogens is 5. The summed E-state index contributed by atoms with van der Waals surface area (Å²) in [6.45, 7) is 3.10. The first-order valence-corrected chi connectivity index (χ1v) is 11.8. The summed E-state index contributed by atoms with van der Waals surface area (Å²) in [5.41, 5.74) is 7.40. The molecule has 0 spiro atoms. The van der Waals surface area contributed by atoms with Crippen molar-refractivity contribution in [2.24, 2.45) is 0 Å². The van der Waals surface area contributed by atoms with Crippen LogP contribution in [-0.4, -0.2) is 24.1 Å². The van der Waals surface area contributed by atoms with E-state index in [-0.39, 0.29) is 0 Å². The quantitative estimate of drug-likeness (QED) is 0.281. The molecule has 0 unspecified atom stereocenters. The van der Waals surface area contributed by atoms with Crippen LogP contribution in [0, 0.1) is 0 Å². The number of fused-ring (bicyclic) bond motifs is 2. The maximum absolute atomic E-state index is 4.79. The summed E-state index contributed by atoms with van der Waals surface area (Å²) in [7, 11) is 0. The molecule has 0 radical (unpaired) electrons. The molecule has 3 aromatic heterocycles. The number of para-hydroxylation sites is 1. The van der Waals surface area contributed by atoms with Crippen LogP contribution in [0.1, 0.15) is 19.8 Å². The van der Waals surface area contributed by atoms with Crippen LogP contribution in [0.4, 0.5) is 0 Å². The van der Waals surface area contributed by atoms with Crippen LogP contribution in [0.5, 0.6) is 0 Å². The third-order valence-corrected chi connectivity index (χ3v) is 6.33. The molecule has 0 aliphatic rings. The van der Waals surface area contributed by atoms with Crippen LogP contribution in [0.3, 0.4) is 0 Å². The highest BCUT2D eigenvalue weighted by Crippen LogP contribution is 2.42. The predicted molar refractivity (Wildman–Crippen MR) is 138 cm³/mol. The van der Waals surface area contributed by atoms with E-state index in [2.05, 4.69) is 106 Å². The summed E-state index contributed by atoms with van der Waals surface area (Å²) in [4.78, 5) is 14.2. The Morgan fingerprint density at radius 2 is 1.44 bits per heavy atom. The van der Waals surface area contributed by atoms with E-state index in [1.807, 2.05) is 6.33 Å². The van der Waals surface area contributed by atoms with Crippen molar-refractivity contribution < 1.29 is 0 Å². The number of hydrogen-bond acceptors (Lipinski definition) is 3. The Balaban J connectivity index is 1.72. The van der Waals surface area contributed by atoms with E-state index in [0.29, 0.717) is 0 Å². The lowest BCUT2D eigenvalue weighted by Crippen LogP contribution is -2.03. The van der Waals surface area contributed by atoms with E-state index in [0.717, 1.165) is 53.1 Å². The second-order valence-corrected chi connectivity index (χ2v) is 8.47. The Bertz CT molecular complexity index is 1580. The van der Waals surface area contributed by atoms with Gasteiger partial charge in [0.05, 0.1) is 17.5 Å². The van der Waals surface area contributed by atoms with Crippen molar-refractivity contribution in [3.8, 4) is 28.2 Å². The van der Waals surface area contributed by atoms with Crippen LogP contribution >= 0.6 is 0 Å². The van der Waals surface area contributed by atoms with Gasteiger partial charge in [-0.3, -0.25) is 4.57 Å². The standard InChI is InChI=1S/C29H25N5/c1-2-3-18-33-20-32-26-28(33)30-19-31-29(26)34-24-17-11-10-16-23(24)25(21-12-6-4-7-13-21)27(34)22-14-8-5-9-15-22/h4-17,19-20H,2-3,18H2,1H3. The number of hydrogen-bond donors (Lipinski definition) is 0. The van der Waals surface area contributed by atoms with Crippen LogP contribution in [-0.2, 0) is 6.54 Å². The van der Waals surface area contributed by atoms with Crippen molar-refractivity contribution in [1.82, 2.24) is 24.1 Å². The van der Waals surface area contributed by atoms with E-state index in [9.17, 15) is 0 Å². The maximum Gasteiger partial charge on any atom is 0.169 e. The first-order valence-electron chi connectivity index (χ1n) is 11.8. The topological polar surface area (TPSA) is 48.5 Å². The average Bonchev–Trinajstić information content (AvgIpc) is 3.47. The minimum Gasteiger partial charge on any atom is -0.315 e. The molecule has 0 atom stereocenters. The lowest BCUT2D eigenvalue weighted by molar-refractivity contribution is 0.641. The lowest BCUT2D eigenvalue weighted by atomic mass is 9.98. The number of imidazole rings is 1. The van der Waals surface area contributed by atoms with Gasteiger partial charge in [-0.05, 0) is 23.6 Å². The first kappa shape index (κ1) is 20.4. The molecule has 3 heterocycles. The summed E-state index contributed by atoms with van der Waals surface area (Å²) >= 11 is 0. The average molecular weight is 444 g/mol. The number of nitrogens with zero attached hydrogens (tertiary/aromatic N) is 5. The Labute approximate surface area is 198 Å². The van der Waals surface area contributed by atoms with Crippen molar-refractivity contribution in [2.75, 3.05) is 0 Å². The summed E-state index contributed by atoms with van der Waals surface area (Å²) in [6, 6.07) is 29.7. The molecule has 0 fully saturated rings. The Hall–Kier alpha value is -4.25. The zero-order valence-corrected chi connectivity index (χ0v) is 19.1. The van der Waals surface area contributed by atoms with Gasteiger partial charge in [0.15, 0.2) is 17.0 Å². The van der Waals surface area contributed by atoms with Crippen LogP contribution in [0.2, 0.25) is 0 Å². The van der Waals surface area contributed by atoms with Gasteiger partial charge in [0.25, 0.3) is 0 Å². The molecule has 0 bridgehead atoms. The molecule has 6 aromatic rings. The van der Waals surface area contributed by atoms with E-state index in [4.69, 9.17) is 9.97 Å². The van der Waals surface area contributed by atoms with Crippen LogP contribution in [0.15, 0.2) is 97.6 Å². The van der Waals surface area contributed by atoms with Gasteiger partial charge in [0.2, 0.25) is 0 Å². The molecule has 166 valence electrons. The number of rotatable bonds is 6. The molecule has 5 heteroatoms. The van der Waals surface area contributed by atoms with Gasteiger partial charge in [0, 0.05) is 17.5 Å². The lowest BCUT2D eigenvalue weighted by Gasteiger charge is -2.13. The van der Waals surface area contributed by atoms with E-state index >= 15 is 0 Å². The van der Waals surface area contributed by atoms with Gasteiger partial charge in [-0.2, -0.15) is 0 Å². The van der Waals surface area contributed by atoms with Gasteiger partial charge in [-0.1, -0.05) is 92.2 Å². The molecule has 34 heavy (non-hydrogen) atoms. The minimum absolute atomic E-state index is 0.803. The Morgan fingerprint density at radius 3 is 2.21 bits per heavy atom. The molecule has 6 rings (SSSR count). The van der Waals surface area contributed by atoms with Gasteiger partial charge in [0.1, 0.15) is 6.33 Å². The number of aryl methyl sites for hydroxylation is 1. The highest BCUT2D eigenvalue weighted by molar-refractivity contribution is 6.06. The SMILES string of the molecule is CCCCn1cnc2c(-n3c(-c4ccccc4)c(-c4ccccc4)c4ccccc43)ncnc21. The molecular weight excluding hydrogens is 418 g/mol. The zero-order valence-electron chi connectivity index (χ0n) is 19.1. The third-order valence-electron chi connectivity index (χ3n) is 6.33. The van der Waals surface area contributed by atoms with Crippen molar-refractivity contribution in [2.45, 2.75) is 26.3 Å². The summed E-state index contributed by atoms with van der Waals surface area (Å²) in [5, 5.41) is 1.18. The van der Waals surface area contributed by atoms with Gasteiger partial charge in [-0.25, -0.2) is 15.0 Å². The normalized spacial score (nSPS) is 11.4. The maximum atomic E-state index is 4.79. The largest absolute Gasteiger partial charge is 0.315 e. The molecule has 0 aliphatic heterocycles. The van der Waals surface area contributed by atoms with Crippen molar-refractivity contribution in [3.05, 3.63) is 97.6 Å². The van der Waals surface area contributed by atoms with Crippen LogP contribution < -0.4 is 0 Å². The molecule has 5 nitrogen and oxygen atoms in total. The molecule has 0 saturated carbocycles. The number of benzene rings is 3. The van der Waals surface area contributed by atoms with Gasteiger partial charge >= 0.3 is 0 Å². The zero-order chi connectivity index (χ0) is 22.9. The minimum atomic E-state index is 0.803. The van der Waals surface area contributed by atoms with E-state index in [1.54, 1.807) is 6.33 Å². The van der Waals surface area contributed by atoms with Crippen molar-refractivity contribution in [1.29, 1.82) is 0 Å². The van der Waals surface area contributed by atoms with E-state index in [1.165, 1.54) is 16.5 Å². The molecular formula is C29H25N5. The van der Waals surface area contributed by atoms with Crippen molar-refractivity contribution in [3.63, 3.8) is 0 Å². The van der Waals surface area contributed by atoms with Gasteiger partial charge < -0.3 is 4.57 Å². The molecule has 0 aliphatic carbocycles. The van der Waals surface area contributed by atoms with Crippen molar-refractivity contribution >= 4 is 22.1 Å². The first-order chi connectivity index (χ1) is 16.9.